The highest BCUT2D eigenvalue weighted by Crippen LogP contribution is 2.22. The molecule has 2 heterocycles. The van der Waals surface area contributed by atoms with Crippen LogP contribution in [0.1, 0.15) is 11.3 Å². The Morgan fingerprint density at radius 1 is 1.19 bits per heavy atom. The molecule has 1 aromatic carbocycles. The van der Waals surface area contributed by atoms with Crippen molar-refractivity contribution in [2.45, 2.75) is 13.3 Å². The van der Waals surface area contributed by atoms with E-state index in [0.29, 0.717) is 0 Å². The lowest BCUT2D eigenvalue weighted by atomic mass is 10.1. The molecule has 0 spiro atoms. The third-order valence-corrected chi connectivity index (χ3v) is 3.67. The van der Waals surface area contributed by atoms with E-state index in [2.05, 4.69) is 20.4 Å². The summed E-state index contributed by atoms with van der Waals surface area (Å²) in [7, 11) is 1.89. The van der Waals surface area contributed by atoms with Crippen LogP contribution in [0.5, 0.6) is 0 Å². The van der Waals surface area contributed by atoms with Crippen molar-refractivity contribution in [2.24, 2.45) is 7.05 Å². The number of nitrogens with one attached hydrogen (secondary N) is 1. The number of rotatable bonds is 4. The van der Waals surface area contributed by atoms with Crippen LogP contribution in [0.3, 0.4) is 0 Å². The van der Waals surface area contributed by atoms with Gasteiger partial charge < -0.3 is 5.32 Å². The smallest absolute Gasteiger partial charge is 0.163 e. The van der Waals surface area contributed by atoms with Crippen LogP contribution < -0.4 is 5.32 Å². The molecule has 0 aliphatic carbocycles. The van der Waals surface area contributed by atoms with Gasteiger partial charge in [0.15, 0.2) is 5.65 Å². The highest BCUT2D eigenvalue weighted by atomic mass is 35.5. The van der Waals surface area contributed by atoms with Gasteiger partial charge in [0.25, 0.3) is 0 Å². The van der Waals surface area contributed by atoms with E-state index in [1.54, 1.807) is 11.0 Å². The van der Waals surface area contributed by atoms with Crippen molar-refractivity contribution >= 4 is 28.5 Å². The van der Waals surface area contributed by atoms with Gasteiger partial charge in [-0.1, -0.05) is 23.7 Å². The highest BCUT2D eigenvalue weighted by molar-refractivity contribution is 6.30. The molecule has 0 fully saturated rings. The number of benzene rings is 1. The summed E-state index contributed by atoms with van der Waals surface area (Å²) in [5, 5.41) is 9.50. The minimum Gasteiger partial charge on any atom is -0.369 e. The Balaban J connectivity index is 1.75. The van der Waals surface area contributed by atoms with Gasteiger partial charge in [0, 0.05) is 18.6 Å². The third-order valence-electron chi connectivity index (χ3n) is 3.41. The number of anilines is 1. The van der Waals surface area contributed by atoms with Crippen LogP contribution in [-0.2, 0) is 13.5 Å². The van der Waals surface area contributed by atoms with Gasteiger partial charge in [-0.05, 0) is 31.0 Å². The second-order valence-corrected chi connectivity index (χ2v) is 5.37. The summed E-state index contributed by atoms with van der Waals surface area (Å²) in [4.78, 5) is 8.60. The topological polar surface area (TPSA) is 55.6 Å². The normalized spacial score (nSPS) is 11.0. The van der Waals surface area contributed by atoms with E-state index in [-0.39, 0.29) is 0 Å². The summed E-state index contributed by atoms with van der Waals surface area (Å²) in [5.41, 5.74) is 3.01. The number of hydrogen-bond acceptors (Lipinski definition) is 4. The maximum atomic E-state index is 5.88. The van der Waals surface area contributed by atoms with Crippen molar-refractivity contribution in [3.63, 3.8) is 0 Å². The molecule has 0 unspecified atom stereocenters. The van der Waals surface area contributed by atoms with Crippen LogP contribution in [0.4, 0.5) is 5.82 Å². The molecule has 6 heteroatoms. The molecular formula is C15H16ClN5. The van der Waals surface area contributed by atoms with Gasteiger partial charge in [0.05, 0.1) is 11.1 Å². The van der Waals surface area contributed by atoms with Crippen molar-refractivity contribution in [2.75, 3.05) is 11.9 Å². The molecular weight excluding hydrogens is 286 g/mol. The van der Waals surface area contributed by atoms with Crippen molar-refractivity contribution < 1.29 is 0 Å². The number of halogens is 1. The molecule has 0 saturated heterocycles. The van der Waals surface area contributed by atoms with Crippen LogP contribution in [0.25, 0.3) is 11.0 Å². The summed E-state index contributed by atoms with van der Waals surface area (Å²) in [6.45, 7) is 2.76. The summed E-state index contributed by atoms with van der Waals surface area (Å²) < 4.78 is 1.77. The minimum atomic E-state index is 0.759. The molecule has 0 aliphatic heterocycles. The Kier molecular flexibility index (Phi) is 3.75. The molecule has 3 aromatic rings. The lowest BCUT2D eigenvalue weighted by Crippen LogP contribution is -2.07. The Morgan fingerprint density at radius 3 is 2.71 bits per heavy atom. The van der Waals surface area contributed by atoms with Gasteiger partial charge in [-0.25, -0.2) is 9.97 Å². The Bertz CT molecular complexity index is 764. The Morgan fingerprint density at radius 2 is 1.95 bits per heavy atom. The van der Waals surface area contributed by atoms with Gasteiger partial charge >= 0.3 is 0 Å². The molecule has 0 aliphatic rings. The number of aromatic nitrogens is 4. The molecule has 21 heavy (non-hydrogen) atoms. The average molecular weight is 302 g/mol. The lowest BCUT2D eigenvalue weighted by molar-refractivity contribution is 0.773. The molecule has 0 atom stereocenters. The highest BCUT2D eigenvalue weighted by Gasteiger charge is 2.11. The van der Waals surface area contributed by atoms with Crippen molar-refractivity contribution in [3.8, 4) is 0 Å². The Hall–Kier alpha value is -2.14. The zero-order chi connectivity index (χ0) is 14.8. The summed E-state index contributed by atoms with van der Waals surface area (Å²) >= 11 is 5.88. The largest absolute Gasteiger partial charge is 0.369 e. The van der Waals surface area contributed by atoms with Crippen LogP contribution in [0, 0.1) is 6.92 Å². The number of fused-ring (bicyclic) bond motifs is 1. The summed E-state index contributed by atoms with van der Waals surface area (Å²) in [5.74, 6) is 0.833. The first-order valence-corrected chi connectivity index (χ1v) is 7.15. The van der Waals surface area contributed by atoms with Gasteiger partial charge in [0.2, 0.25) is 0 Å². The van der Waals surface area contributed by atoms with Gasteiger partial charge in [0.1, 0.15) is 12.1 Å². The standard InChI is InChI=1S/C15H16ClN5/c1-10-13-14(18-9-19-15(13)21(2)20-10)17-8-7-11-3-5-12(16)6-4-11/h3-6,9H,7-8H2,1-2H3,(H,17,18,19). The van der Waals surface area contributed by atoms with Crippen LogP contribution in [-0.4, -0.2) is 26.3 Å². The molecule has 108 valence electrons. The number of nitrogens with zero attached hydrogens (tertiary/aromatic N) is 4. The van der Waals surface area contributed by atoms with E-state index in [1.165, 1.54) is 5.56 Å². The van der Waals surface area contributed by atoms with Gasteiger partial charge in [-0.3, -0.25) is 4.68 Å². The second kappa shape index (κ2) is 5.69. The zero-order valence-electron chi connectivity index (χ0n) is 12.0. The van der Waals surface area contributed by atoms with Crippen molar-refractivity contribution in [1.82, 2.24) is 19.7 Å². The first-order valence-electron chi connectivity index (χ1n) is 6.78. The van der Waals surface area contributed by atoms with E-state index < -0.39 is 0 Å². The molecule has 3 rings (SSSR count). The zero-order valence-corrected chi connectivity index (χ0v) is 12.7. The minimum absolute atomic E-state index is 0.759. The lowest BCUT2D eigenvalue weighted by Gasteiger charge is -2.07. The molecule has 2 aromatic heterocycles. The first-order chi connectivity index (χ1) is 10.1. The maximum absolute atomic E-state index is 5.88. The van der Waals surface area contributed by atoms with Crippen molar-refractivity contribution in [1.29, 1.82) is 0 Å². The molecule has 1 N–H and O–H groups in total. The number of hydrogen-bond donors (Lipinski definition) is 1. The second-order valence-electron chi connectivity index (χ2n) is 4.93. The van der Waals surface area contributed by atoms with Gasteiger partial charge in [-0.15, -0.1) is 0 Å². The van der Waals surface area contributed by atoms with Gasteiger partial charge in [-0.2, -0.15) is 5.10 Å². The van der Waals surface area contributed by atoms with E-state index >= 15 is 0 Å². The monoisotopic (exact) mass is 301 g/mol. The maximum Gasteiger partial charge on any atom is 0.163 e. The Labute approximate surface area is 128 Å². The van der Waals surface area contributed by atoms with Crippen LogP contribution in [0.15, 0.2) is 30.6 Å². The quantitative estimate of drug-likeness (QED) is 0.805. The van der Waals surface area contributed by atoms with E-state index in [1.807, 2.05) is 38.2 Å². The molecule has 0 radical (unpaired) electrons. The first kappa shape index (κ1) is 13.8. The molecule has 0 bridgehead atoms. The summed E-state index contributed by atoms with van der Waals surface area (Å²) in [6, 6.07) is 7.89. The van der Waals surface area contributed by atoms with E-state index in [9.17, 15) is 0 Å². The van der Waals surface area contributed by atoms with E-state index in [4.69, 9.17) is 11.6 Å². The number of aryl methyl sites for hydroxylation is 2. The van der Waals surface area contributed by atoms with Crippen molar-refractivity contribution in [3.05, 3.63) is 46.9 Å². The predicted octanol–water partition coefficient (Wildman–Crippen LogP) is 2.98. The predicted molar refractivity (Wildman–Crippen MR) is 84.7 cm³/mol. The fourth-order valence-electron chi connectivity index (χ4n) is 2.39. The average Bonchev–Trinajstić information content (AvgIpc) is 2.77. The molecule has 0 amide bonds. The van der Waals surface area contributed by atoms with Crippen LogP contribution in [0.2, 0.25) is 5.02 Å². The molecule has 5 nitrogen and oxygen atoms in total. The fourth-order valence-corrected chi connectivity index (χ4v) is 2.51. The summed E-state index contributed by atoms with van der Waals surface area (Å²) in [6.07, 6.45) is 2.47. The fraction of sp³-hybridized carbons (Fsp3) is 0.267. The SMILES string of the molecule is Cc1nn(C)c2ncnc(NCCc3ccc(Cl)cc3)c12. The van der Waals surface area contributed by atoms with Crippen LogP contribution >= 0.6 is 11.6 Å². The van der Waals surface area contributed by atoms with E-state index in [0.717, 1.165) is 40.5 Å². The third kappa shape index (κ3) is 2.83. The molecule has 0 saturated carbocycles.